The molecule has 2 rings (SSSR count). The van der Waals surface area contributed by atoms with E-state index in [1.807, 2.05) is 0 Å². The molecular weight excluding hydrogens is 434 g/mol. The number of nitrogens with zero attached hydrogens (tertiary/aromatic N) is 2. The van der Waals surface area contributed by atoms with E-state index in [0.29, 0.717) is 4.90 Å². The molecule has 0 radical (unpaired) electrons. The van der Waals surface area contributed by atoms with Crippen molar-refractivity contribution in [1.82, 2.24) is 4.90 Å². The van der Waals surface area contributed by atoms with E-state index in [4.69, 9.17) is 22.1 Å². The Kier molecular flexibility index (Phi) is 6.95. The maximum atomic E-state index is 12.4. The van der Waals surface area contributed by atoms with Crippen molar-refractivity contribution in [2.45, 2.75) is 24.8 Å². The Morgan fingerprint density at radius 3 is 2.30 bits per heavy atom. The number of nitro benzene ring substituents is 1. The molecule has 0 aromatic heterocycles. The number of benzene rings is 2. The summed E-state index contributed by atoms with van der Waals surface area (Å²) < 4.78 is 29.8. The summed E-state index contributed by atoms with van der Waals surface area (Å²) in [6.45, 7) is 3.29. The van der Waals surface area contributed by atoms with Gasteiger partial charge in [-0.3, -0.25) is 10.1 Å². The van der Waals surface area contributed by atoms with Crippen LogP contribution in [-0.4, -0.2) is 34.6 Å². The Hall–Kier alpha value is -3.25. The van der Waals surface area contributed by atoms with Crippen molar-refractivity contribution in [3.8, 4) is 5.75 Å². The fourth-order valence-electron chi connectivity index (χ4n) is 2.89. The van der Waals surface area contributed by atoms with Crippen LogP contribution in [0.25, 0.3) is 0 Å². The van der Waals surface area contributed by atoms with Gasteiger partial charge < -0.3 is 15.0 Å². The van der Waals surface area contributed by atoms with Gasteiger partial charge in [-0.15, -0.1) is 0 Å². The number of hydrogen-bond acceptors (Lipinski definition) is 7. The molecule has 0 bridgehead atoms. The van der Waals surface area contributed by atoms with Gasteiger partial charge in [0.05, 0.1) is 22.6 Å². The average Bonchev–Trinajstić information content (AvgIpc) is 2.65. The summed E-state index contributed by atoms with van der Waals surface area (Å²) in [5, 5.41) is 20.7. The molecule has 160 valence electrons. The van der Waals surface area contributed by atoms with Crippen LogP contribution in [0.2, 0.25) is 0 Å². The predicted molar refractivity (Wildman–Crippen MR) is 112 cm³/mol. The molecule has 0 spiro atoms. The minimum atomic E-state index is -4.22. The van der Waals surface area contributed by atoms with Crippen molar-refractivity contribution < 1.29 is 27.4 Å². The van der Waals surface area contributed by atoms with Gasteiger partial charge in [-0.05, 0) is 42.4 Å². The molecule has 30 heavy (non-hydrogen) atoms. The minimum absolute atomic E-state index is 0.00495. The van der Waals surface area contributed by atoms with E-state index in [2.05, 4.69) is 0 Å². The summed E-state index contributed by atoms with van der Waals surface area (Å²) in [4.78, 5) is 23.1. The fourth-order valence-corrected chi connectivity index (χ4v) is 4.03. The molecule has 12 heteroatoms. The lowest BCUT2D eigenvalue weighted by atomic mass is 9.93. The Labute approximate surface area is 178 Å². The van der Waals surface area contributed by atoms with Crippen LogP contribution >= 0.6 is 12.2 Å². The number of nitrogens with two attached hydrogens (primary N) is 1. The van der Waals surface area contributed by atoms with E-state index < -0.39 is 43.9 Å². The maximum absolute atomic E-state index is 12.4. The van der Waals surface area contributed by atoms with Crippen molar-refractivity contribution in [3.63, 3.8) is 0 Å². The van der Waals surface area contributed by atoms with E-state index >= 15 is 0 Å². The minimum Gasteiger partial charge on any atom is -0.465 e. The van der Waals surface area contributed by atoms with Crippen LogP contribution in [0.3, 0.4) is 0 Å². The van der Waals surface area contributed by atoms with Crippen LogP contribution in [0.5, 0.6) is 5.75 Å². The predicted octanol–water partition coefficient (Wildman–Crippen LogP) is 3.28. The summed E-state index contributed by atoms with van der Waals surface area (Å²) in [6, 6.07) is 9.56. The first-order valence-electron chi connectivity index (χ1n) is 8.55. The van der Waals surface area contributed by atoms with Crippen molar-refractivity contribution >= 4 is 39.2 Å². The summed E-state index contributed by atoms with van der Waals surface area (Å²) in [5.41, 5.74) is 4.98. The first kappa shape index (κ1) is 23.0. The molecule has 0 saturated carbocycles. The molecule has 0 heterocycles. The first-order chi connectivity index (χ1) is 14.0. The van der Waals surface area contributed by atoms with Gasteiger partial charge in [0, 0.05) is 0 Å². The normalized spacial score (nSPS) is 12.2. The van der Waals surface area contributed by atoms with Crippen molar-refractivity contribution in [1.29, 1.82) is 0 Å². The molecule has 0 saturated heterocycles. The highest BCUT2D eigenvalue weighted by Crippen LogP contribution is 2.37. The molecule has 0 aliphatic heterocycles. The molecule has 2 aromatic carbocycles. The van der Waals surface area contributed by atoms with Crippen LogP contribution in [0.4, 0.5) is 10.5 Å². The smallest absolute Gasteiger partial charge is 0.414 e. The number of nitro groups is 1. The second-order valence-electron chi connectivity index (χ2n) is 6.51. The monoisotopic (exact) mass is 453 g/mol. The highest BCUT2D eigenvalue weighted by atomic mass is 32.2. The first-order valence-corrected chi connectivity index (χ1v) is 10.4. The number of carboxylic acid groups (broad SMARTS) is 1. The van der Waals surface area contributed by atoms with Gasteiger partial charge in [0.15, 0.2) is 5.11 Å². The lowest BCUT2D eigenvalue weighted by Crippen LogP contribution is -2.44. The summed E-state index contributed by atoms with van der Waals surface area (Å²) in [6.07, 6.45) is -1.47. The zero-order valence-electron chi connectivity index (χ0n) is 16.0. The number of hydrogen-bond donors (Lipinski definition) is 2. The van der Waals surface area contributed by atoms with Gasteiger partial charge in [0.25, 0.3) is 5.69 Å². The highest BCUT2D eigenvalue weighted by Gasteiger charge is 2.35. The molecule has 0 fully saturated rings. The second-order valence-corrected chi connectivity index (χ2v) is 8.47. The van der Waals surface area contributed by atoms with Crippen LogP contribution < -0.4 is 9.92 Å². The molecule has 0 aliphatic rings. The third-order valence-corrected chi connectivity index (χ3v) is 5.57. The van der Waals surface area contributed by atoms with Crippen LogP contribution in [0.1, 0.15) is 25.5 Å². The SMILES string of the molecule is CC(C)C(c1ccc(OS(=O)(=O)c2ccccc2)cc1[N+](=O)[O-])N(C(=O)O)C(N)=S. The lowest BCUT2D eigenvalue weighted by molar-refractivity contribution is -0.386. The van der Waals surface area contributed by atoms with Gasteiger partial charge >= 0.3 is 16.2 Å². The van der Waals surface area contributed by atoms with E-state index in [1.165, 1.54) is 36.4 Å². The Morgan fingerprint density at radius 1 is 1.23 bits per heavy atom. The molecule has 0 aliphatic carbocycles. The summed E-state index contributed by atoms with van der Waals surface area (Å²) in [7, 11) is -4.22. The van der Waals surface area contributed by atoms with Crippen LogP contribution in [0.15, 0.2) is 53.4 Å². The van der Waals surface area contributed by atoms with Crippen molar-refractivity contribution in [3.05, 3.63) is 64.2 Å². The van der Waals surface area contributed by atoms with Gasteiger partial charge in [-0.1, -0.05) is 32.0 Å². The molecule has 2 aromatic rings. The van der Waals surface area contributed by atoms with Crippen LogP contribution in [-0.2, 0) is 10.1 Å². The number of thiocarbonyl (C=S) groups is 1. The second kappa shape index (κ2) is 9.05. The Balaban J connectivity index is 2.55. The van der Waals surface area contributed by atoms with E-state index in [9.17, 15) is 28.4 Å². The zero-order chi connectivity index (χ0) is 22.6. The van der Waals surface area contributed by atoms with E-state index in [0.717, 1.165) is 6.07 Å². The molecular formula is C18H19N3O7S2. The van der Waals surface area contributed by atoms with Crippen molar-refractivity contribution in [2.75, 3.05) is 0 Å². The lowest BCUT2D eigenvalue weighted by Gasteiger charge is -2.31. The van der Waals surface area contributed by atoms with E-state index in [1.54, 1.807) is 19.9 Å². The number of rotatable bonds is 7. The van der Waals surface area contributed by atoms with Gasteiger partial charge in [-0.25, -0.2) is 9.69 Å². The summed E-state index contributed by atoms with van der Waals surface area (Å²) in [5.74, 6) is -0.741. The van der Waals surface area contributed by atoms with Crippen molar-refractivity contribution in [2.24, 2.45) is 11.7 Å². The van der Waals surface area contributed by atoms with E-state index in [-0.39, 0.29) is 16.2 Å². The Bertz CT molecular complexity index is 1060. The molecule has 1 atom stereocenters. The fraction of sp³-hybridized carbons (Fsp3) is 0.222. The standard InChI is InChI=1S/C18H19N3O7S2/c1-11(2)16(20(17(19)29)18(22)23)14-9-8-12(10-15(14)21(24)25)28-30(26,27)13-6-4-3-5-7-13/h3-11,16H,1-2H3,(H2,19,29)(H,22,23). The summed E-state index contributed by atoms with van der Waals surface area (Å²) >= 11 is 4.80. The zero-order valence-corrected chi connectivity index (χ0v) is 17.6. The largest absolute Gasteiger partial charge is 0.465 e. The van der Waals surface area contributed by atoms with Gasteiger partial charge in [0.2, 0.25) is 0 Å². The topological polar surface area (TPSA) is 153 Å². The molecule has 1 amide bonds. The third kappa shape index (κ3) is 5.02. The number of carbonyl (C=O) groups is 1. The molecule has 1 unspecified atom stereocenters. The van der Waals surface area contributed by atoms with Crippen LogP contribution in [0, 0.1) is 16.0 Å². The third-order valence-electron chi connectivity index (χ3n) is 4.11. The molecule has 3 N–H and O–H groups in total. The average molecular weight is 453 g/mol. The number of amides is 1. The Morgan fingerprint density at radius 2 is 1.83 bits per heavy atom. The maximum Gasteiger partial charge on any atom is 0.414 e. The highest BCUT2D eigenvalue weighted by molar-refractivity contribution is 7.87. The van der Waals surface area contributed by atoms with Gasteiger partial charge in [-0.2, -0.15) is 8.42 Å². The molecule has 10 nitrogen and oxygen atoms in total. The van der Waals surface area contributed by atoms with Gasteiger partial charge in [0.1, 0.15) is 10.6 Å². The quantitative estimate of drug-likeness (QED) is 0.278.